The molecular weight excluding hydrogens is 348 g/mol. The fourth-order valence-corrected chi connectivity index (χ4v) is 3.32. The molecule has 0 saturated heterocycles. The molecule has 1 amide bonds. The number of hydrogen-bond donors (Lipinski definition) is 2. The molecule has 1 aromatic rings. The average Bonchev–Trinajstić information content (AvgIpc) is 2.64. The van der Waals surface area contributed by atoms with Gasteiger partial charge in [-0.25, -0.2) is 4.79 Å². The highest BCUT2D eigenvalue weighted by molar-refractivity contribution is 5.97. The third-order valence-corrected chi connectivity index (χ3v) is 4.65. The largest absolute Gasteiger partial charge is 0.385 e. The Morgan fingerprint density at radius 1 is 1.41 bits per heavy atom. The minimum absolute atomic E-state index is 0.0366. The van der Waals surface area contributed by atoms with Crippen molar-refractivity contribution in [3.05, 3.63) is 33.0 Å². The maximum absolute atomic E-state index is 13.2. The van der Waals surface area contributed by atoms with Crippen molar-refractivity contribution in [1.29, 1.82) is 0 Å². The number of carbonyl (C=O) groups is 1. The van der Waals surface area contributed by atoms with Gasteiger partial charge in [-0.2, -0.15) is 0 Å². The number of ether oxygens (including phenoxy) is 1. The van der Waals surface area contributed by atoms with Crippen LogP contribution < -0.4 is 21.9 Å². The number of anilines is 2. The minimum Gasteiger partial charge on any atom is -0.385 e. The third kappa shape index (κ3) is 5.09. The van der Waals surface area contributed by atoms with Crippen LogP contribution in [0.5, 0.6) is 0 Å². The molecule has 1 atom stereocenters. The summed E-state index contributed by atoms with van der Waals surface area (Å²) < 4.78 is 6.42. The van der Waals surface area contributed by atoms with Crippen molar-refractivity contribution >= 4 is 17.4 Å². The second-order valence-electron chi connectivity index (χ2n) is 7.32. The fraction of sp³-hybridized carbons (Fsp3) is 0.632. The molecule has 0 aromatic carbocycles. The third-order valence-electron chi connectivity index (χ3n) is 4.65. The van der Waals surface area contributed by atoms with Crippen LogP contribution in [0.2, 0.25) is 0 Å². The Balaban J connectivity index is 2.47. The van der Waals surface area contributed by atoms with Crippen LogP contribution in [0, 0.1) is 11.8 Å². The van der Waals surface area contributed by atoms with Crippen molar-refractivity contribution < 1.29 is 9.53 Å². The number of methoxy groups -OCH3 is 1. The molecule has 1 aliphatic carbocycles. The summed E-state index contributed by atoms with van der Waals surface area (Å²) in [5.41, 5.74) is 5.08. The highest BCUT2D eigenvalue weighted by atomic mass is 16.5. The average molecular weight is 378 g/mol. The van der Waals surface area contributed by atoms with Crippen LogP contribution in [0.1, 0.15) is 39.5 Å². The van der Waals surface area contributed by atoms with Crippen molar-refractivity contribution in [2.45, 2.75) is 46.1 Å². The van der Waals surface area contributed by atoms with E-state index < -0.39 is 11.2 Å². The zero-order valence-corrected chi connectivity index (χ0v) is 16.4. The number of nitrogens with one attached hydrogen (secondary N) is 1. The number of aromatic nitrogens is 2. The molecule has 3 N–H and O–H groups in total. The van der Waals surface area contributed by atoms with E-state index in [2.05, 4.69) is 11.1 Å². The van der Waals surface area contributed by atoms with E-state index in [1.54, 1.807) is 7.11 Å². The molecule has 0 spiro atoms. The summed E-state index contributed by atoms with van der Waals surface area (Å²) in [6, 6.07) is 0. The Morgan fingerprint density at radius 2 is 2.15 bits per heavy atom. The number of nitrogens with two attached hydrogens (primary N) is 1. The van der Waals surface area contributed by atoms with E-state index >= 15 is 0 Å². The van der Waals surface area contributed by atoms with Crippen molar-refractivity contribution in [2.24, 2.45) is 11.8 Å². The lowest BCUT2D eigenvalue weighted by molar-refractivity contribution is -0.122. The highest BCUT2D eigenvalue weighted by Gasteiger charge is 2.29. The quantitative estimate of drug-likeness (QED) is 0.526. The van der Waals surface area contributed by atoms with Gasteiger partial charge in [0, 0.05) is 32.7 Å². The van der Waals surface area contributed by atoms with Gasteiger partial charge in [0.1, 0.15) is 5.82 Å². The first-order chi connectivity index (χ1) is 12.9. The predicted octanol–water partition coefficient (Wildman–Crippen LogP) is 1.50. The van der Waals surface area contributed by atoms with Gasteiger partial charge in [-0.05, 0) is 31.6 Å². The number of carbonyl (C=O) groups excluding carboxylic acids is 1. The van der Waals surface area contributed by atoms with Gasteiger partial charge in [0.25, 0.3) is 5.56 Å². The van der Waals surface area contributed by atoms with Crippen molar-refractivity contribution in [3.63, 3.8) is 0 Å². The van der Waals surface area contributed by atoms with Gasteiger partial charge in [-0.3, -0.25) is 19.1 Å². The predicted molar refractivity (Wildman–Crippen MR) is 106 cm³/mol. The van der Waals surface area contributed by atoms with E-state index in [9.17, 15) is 14.4 Å². The van der Waals surface area contributed by atoms with E-state index in [1.165, 1.54) is 9.47 Å². The Morgan fingerprint density at radius 3 is 2.74 bits per heavy atom. The number of nitrogen functional groups attached to an aromatic ring is 1. The Hall–Kier alpha value is -2.35. The SMILES string of the molecule is COCCCN(C(=O)[C@@H]1CC=CCC1)c1c(N)n(CC(C)C)c(=O)[nH]c1=O. The molecule has 8 heteroatoms. The number of amides is 1. The zero-order chi connectivity index (χ0) is 20.0. The standard InChI is InChI=1S/C19H30N4O4/c1-13(2)12-23-16(20)15(17(24)21-19(23)26)22(10-7-11-27-3)18(25)14-8-5-4-6-9-14/h4-5,13-14H,6-12,20H2,1-3H3,(H,21,24,26)/t14-/m1/s1. The first-order valence-electron chi connectivity index (χ1n) is 9.44. The molecule has 0 aliphatic heterocycles. The van der Waals surface area contributed by atoms with Gasteiger partial charge in [-0.15, -0.1) is 0 Å². The van der Waals surface area contributed by atoms with Crippen LogP contribution >= 0.6 is 0 Å². The van der Waals surface area contributed by atoms with E-state index in [1.807, 2.05) is 19.9 Å². The van der Waals surface area contributed by atoms with Gasteiger partial charge < -0.3 is 15.4 Å². The molecule has 0 saturated carbocycles. The van der Waals surface area contributed by atoms with E-state index in [-0.39, 0.29) is 29.2 Å². The number of nitrogens with zero attached hydrogens (tertiary/aromatic N) is 2. The molecule has 0 fully saturated rings. The molecule has 0 bridgehead atoms. The van der Waals surface area contributed by atoms with Gasteiger partial charge in [0.15, 0.2) is 5.69 Å². The maximum atomic E-state index is 13.2. The van der Waals surface area contributed by atoms with Crippen molar-refractivity contribution in [2.75, 3.05) is 30.9 Å². The molecule has 0 radical (unpaired) electrons. The van der Waals surface area contributed by atoms with Crippen LogP contribution in [0.4, 0.5) is 11.5 Å². The minimum atomic E-state index is -0.630. The summed E-state index contributed by atoms with van der Waals surface area (Å²) in [6.45, 7) is 5.03. The summed E-state index contributed by atoms with van der Waals surface area (Å²) in [7, 11) is 1.59. The van der Waals surface area contributed by atoms with Crippen LogP contribution in [0.25, 0.3) is 0 Å². The monoisotopic (exact) mass is 378 g/mol. The molecule has 1 heterocycles. The van der Waals surface area contributed by atoms with Crippen LogP contribution in [0.15, 0.2) is 21.7 Å². The maximum Gasteiger partial charge on any atom is 0.330 e. The Labute approximate surface area is 159 Å². The second kappa shape index (κ2) is 9.55. The normalized spacial score (nSPS) is 16.7. The van der Waals surface area contributed by atoms with Gasteiger partial charge in [-0.1, -0.05) is 26.0 Å². The molecule has 0 unspecified atom stereocenters. The second-order valence-corrected chi connectivity index (χ2v) is 7.32. The van der Waals surface area contributed by atoms with Crippen molar-refractivity contribution in [1.82, 2.24) is 9.55 Å². The summed E-state index contributed by atoms with van der Waals surface area (Å²) in [5.74, 6) is -0.135. The van der Waals surface area contributed by atoms with Crippen LogP contribution in [-0.2, 0) is 16.1 Å². The molecule has 8 nitrogen and oxygen atoms in total. The lowest BCUT2D eigenvalue weighted by Gasteiger charge is -2.29. The van der Waals surface area contributed by atoms with E-state index in [0.717, 1.165) is 12.8 Å². The summed E-state index contributed by atoms with van der Waals surface area (Å²) in [5, 5.41) is 0. The van der Waals surface area contributed by atoms with Crippen molar-refractivity contribution in [3.8, 4) is 0 Å². The topological polar surface area (TPSA) is 110 Å². The molecule has 2 rings (SSSR count). The Bertz CT molecular complexity index is 794. The molecule has 1 aliphatic rings. The highest BCUT2D eigenvalue weighted by Crippen LogP contribution is 2.25. The zero-order valence-electron chi connectivity index (χ0n) is 16.4. The first kappa shape index (κ1) is 21.0. The molecule has 150 valence electrons. The molecule has 27 heavy (non-hydrogen) atoms. The number of hydrogen-bond acceptors (Lipinski definition) is 5. The fourth-order valence-electron chi connectivity index (χ4n) is 3.32. The number of allylic oxidation sites excluding steroid dienone is 2. The number of H-pyrrole nitrogens is 1. The van der Waals surface area contributed by atoms with E-state index in [4.69, 9.17) is 10.5 Å². The van der Waals surface area contributed by atoms with Crippen LogP contribution in [0.3, 0.4) is 0 Å². The molecular formula is C19H30N4O4. The summed E-state index contributed by atoms with van der Waals surface area (Å²) in [6.07, 6.45) is 6.83. The van der Waals surface area contributed by atoms with Gasteiger partial charge in [0.05, 0.1) is 0 Å². The summed E-state index contributed by atoms with van der Waals surface area (Å²) in [4.78, 5) is 41.7. The first-order valence-corrected chi connectivity index (χ1v) is 9.44. The number of aromatic amines is 1. The number of rotatable bonds is 8. The molecule has 1 aromatic heterocycles. The Kier molecular flexibility index (Phi) is 7.41. The smallest absolute Gasteiger partial charge is 0.330 e. The van der Waals surface area contributed by atoms with Crippen LogP contribution in [-0.4, -0.2) is 35.7 Å². The summed E-state index contributed by atoms with van der Waals surface area (Å²) >= 11 is 0. The van der Waals surface area contributed by atoms with Gasteiger partial charge >= 0.3 is 5.69 Å². The van der Waals surface area contributed by atoms with E-state index in [0.29, 0.717) is 32.5 Å². The lowest BCUT2D eigenvalue weighted by atomic mass is 9.93. The van der Waals surface area contributed by atoms with Gasteiger partial charge in [0.2, 0.25) is 5.91 Å². The lowest BCUT2D eigenvalue weighted by Crippen LogP contribution is -2.44.